The molecule has 4 unspecified atom stereocenters. The van der Waals surface area contributed by atoms with Crippen LogP contribution in [-0.4, -0.2) is 39.0 Å². The maximum atomic E-state index is 9.55. The zero-order chi connectivity index (χ0) is 11.0. The summed E-state index contributed by atoms with van der Waals surface area (Å²) in [5.41, 5.74) is 0.384. The molecule has 0 spiro atoms. The number of rotatable bonds is 2. The van der Waals surface area contributed by atoms with Crippen molar-refractivity contribution >= 4 is 0 Å². The van der Waals surface area contributed by atoms with Gasteiger partial charge in [0.15, 0.2) is 6.29 Å². The summed E-state index contributed by atoms with van der Waals surface area (Å²) >= 11 is 0. The van der Waals surface area contributed by atoms with Gasteiger partial charge in [0.25, 0.3) is 0 Å². The molecule has 0 bridgehead atoms. The number of hydrogen-bond donors (Lipinski definition) is 3. The monoisotopic (exact) mass is 215 g/mol. The smallest absolute Gasteiger partial charge is 0.184 e. The van der Waals surface area contributed by atoms with Crippen molar-refractivity contribution in [2.45, 2.75) is 37.9 Å². The van der Waals surface area contributed by atoms with Crippen LogP contribution in [0.3, 0.4) is 0 Å². The first-order valence-corrected chi connectivity index (χ1v) is 4.78. The molecular weight excluding hydrogens is 202 g/mol. The lowest BCUT2D eigenvalue weighted by Gasteiger charge is -2.10. The average molecular weight is 215 g/mol. The second-order valence-corrected chi connectivity index (χ2v) is 3.50. The SMILES string of the molecule is CCc1cc(C2OC(O)C(O)C2O)no1. The molecule has 1 aromatic rings. The summed E-state index contributed by atoms with van der Waals surface area (Å²) in [5.74, 6) is 0.664. The van der Waals surface area contributed by atoms with Crippen molar-refractivity contribution in [3.63, 3.8) is 0 Å². The van der Waals surface area contributed by atoms with E-state index in [0.29, 0.717) is 17.9 Å². The van der Waals surface area contributed by atoms with Gasteiger partial charge in [0.2, 0.25) is 0 Å². The first kappa shape index (κ1) is 10.6. The topological polar surface area (TPSA) is 96.0 Å². The predicted octanol–water partition coefficient (Wildman–Crippen LogP) is -0.651. The van der Waals surface area contributed by atoms with Crippen LogP contribution in [0.5, 0.6) is 0 Å². The molecule has 15 heavy (non-hydrogen) atoms. The van der Waals surface area contributed by atoms with Crippen LogP contribution in [0.1, 0.15) is 24.5 Å². The van der Waals surface area contributed by atoms with Crippen LogP contribution < -0.4 is 0 Å². The van der Waals surface area contributed by atoms with Gasteiger partial charge in [0.1, 0.15) is 29.8 Å². The summed E-state index contributed by atoms with van der Waals surface area (Å²) in [6.45, 7) is 1.90. The summed E-state index contributed by atoms with van der Waals surface area (Å²) in [6, 6.07) is 1.64. The molecular formula is C9H13NO5. The normalized spacial score (nSPS) is 36.0. The van der Waals surface area contributed by atoms with Crippen LogP contribution in [0.2, 0.25) is 0 Å². The largest absolute Gasteiger partial charge is 0.387 e. The summed E-state index contributed by atoms with van der Waals surface area (Å²) in [6.07, 6.45) is -4.03. The number of hydrogen-bond acceptors (Lipinski definition) is 6. The van der Waals surface area contributed by atoms with Crippen molar-refractivity contribution in [1.82, 2.24) is 5.16 Å². The van der Waals surface area contributed by atoms with E-state index in [4.69, 9.17) is 9.26 Å². The van der Waals surface area contributed by atoms with E-state index in [-0.39, 0.29) is 0 Å². The van der Waals surface area contributed by atoms with Gasteiger partial charge in [-0.3, -0.25) is 0 Å². The molecule has 1 saturated heterocycles. The van der Waals surface area contributed by atoms with Crippen LogP contribution in [0.4, 0.5) is 0 Å². The molecule has 1 aliphatic rings. The zero-order valence-corrected chi connectivity index (χ0v) is 8.20. The van der Waals surface area contributed by atoms with Crippen LogP contribution in [0.25, 0.3) is 0 Å². The number of aryl methyl sites for hydroxylation is 1. The maximum absolute atomic E-state index is 9.55. The Balaban J connectivity index is 2.17. The fraction of sp³-hybridized carbons (Fsp3) is 0.667. The average Bonchev–Trinajstić information content (AvgIpc) is 2.79. The van der Waals surface area contributed by atoms with Crippen molar-refractivity contribution in [2.24, 2.45) is 0 Å². The molecule has 4 atom stereocenters. The highest BCUT2D eigenvalue weighted by Gasteiger charge is 2.43. The highest BCUT2D eigenvalue weighted by atomic mass is 16.6. The lowest BCUT2D eigenvalue weighted by atomic mass is 10.1. The number of nitrogens with zero attached hydrogens (tertiary/aromatic N) is 1. The molecule has 0 radical (unpaired) electrons. The van der Waals surface area contributed by atoms with Crippen LogP contribution in [-0.2, 0) is 11.2 Å². The van der Waals surface area contributed by atoms with Gasteiger partial charge >= 0.3 is 0 Å². The second-order valence-electron chi connectivity index (χ2n) is 3.50. The number of aromatic nitrogens is 1. The molecule has 2 heterocycles. The van der Waals surface area contributed by atoms with E-state index in [0.717, 1.165) is 0 Å². The van der Waals surface area contributed by atoms with E-state index in [1.54, 1.807) is 6.07 Å². The Kier molecular flexibility index (Phi) is 2.74. The Labute approximate surface area is 86.1 Å². The Morgan fingerprint density at radius 3 is 2.53 bits per heavy atom. The fourth-order valence-electron chi connectivity index (χ4n) is 1.53. The van der Waals surface area contributed by atoms with Crippen molar-refractivity contribution < 1.29 is 24.6 Å². The molecule has 1 aliphatic heterocycles. The molecule has 6 nitrogen and oxygen atoms in total. The third-order valence-corrected chi connectivity index (χ3v) is 2.46. The quantitative estimate of drug-likeness (QED) is 0.606. The van der Waals surface area contributed by atoms with E-state index in [2.05, 4.69) is 5.16 Å². The molecule has 3 N–H and O–H groups in total. The molecule has 0 aromatic carbocycles. The van der Waals surface area contributed by atoms with E-state index in [1.807, 2.05) is 6.92 Å². The van der Waals surface area contributed by atoms with Crippen molar-refractivity contribution in [3.05, 3.63) is 17.5 Å². The number of aliphatic hydroxyl groups excluding tert-OH is 3. The molecule has 84 valence electrons. The van der Waals surface area contributed by atoms with E-state index in [1.165, 1.54) is 0 Å². The van der Waals surface area contributed by atoms with E-state index >= 15 is 0 Å². The van der Waals surface area contributed by atoms with Gasteiger partial charge in [0.05, 0.1) is 0 Å². The van der Waals surface area contributed by atoms with E-state index in [9.17, 15) is 15.3 Å². The predicted molar refractivity (Wildman–Crippen MR) is 47.7 cm³/mol. The van der Waals surface area contributed by atoms with Gasteiger partial charge in [-0.25, -0.2) is 0 Å². The number of aliphatic hydroxyl groups is 3. The van der Waals surface area contributed by atoms with Gasteiger partial charge in [-0.05, 0) is 0 Å². The van der Waals surface area contributed by atoms with Gasteiger partial charge in [-0.2, -0.15) is 0 Å². The Morgan fingerprint density at radius 1 is 1.33 bits per heavy atom. The van der Waals surface area contributed by atoms with Gasteiger partial charge < -0.3 is 24.6 Å². The second kappa shape index (κ2) is 3.90. The third kappa shape index (κ3) is 1.76. The molecule has 0 aliphatic carbocycles. The molecule has 1 aromatic heterocycles. The highest BCUT2D eigenvalue weighted by Crippen LogP contribution is 2.32. The Morgan fingerprint density at radius 2 is 2.07 bits per heavy atom. The zero-order valence-electron chi connectivity index (χ0n) is 8.20. The van der Waals surface area contributed by atoms with Crippen molar-refractivity contribution in [1.29, 1.82) is 0 Å². The Bertz CT molecular complexity index is 339. The Hall–Kier alpha value is -0.950. The minimum absolute atomic E-state index is 0.384. The van der Waals surface area contributed by atoms with Crippen LogP contribution in [0.15, 0.2) is 10.6 Å². The summed E-state index contributed by atoms with van der Waals surface area (Å²) in [5, 5.41) is 31.7. The maximum Gasteiger partial charge on any atom is 0.184 e. The standard InChI is InChI=1S/C9H13NO5/c1-2-4-3-5(10-15-4)8-6(11)7(12)9(13)14-8/h3,6-9,11-13H,2H2,1H3. The van der Waals surface area contributed by atoms with Gasteiger partial charge in [-0.15, -0.1) is 0 Å². The minimum atomic E-state index is -1.38. The van der Waals surface area contributed by atoms with Crippen LogP contribution in [0, 0.1) is 0 Å². The summed E-state index contributed by atoms with van der Waals surface area (Å²) in [4.78, 5) is 0. The van der Waals surface area contributed by atoms with E-state index < -0.39 is 24.6 Å². The van der Waals surface area contributed by atoms with Gasteiger partial charge in [-0.1, -0.05) is 12.1 Å². The molecule has 0 amide bonds. The minimum Gasteiger partial charge on any atom is -0.387 e. The molecule has 1 fully saturated rings. The molecule has 0 saturated carbocycles. The fourth-order valence-corrected chi connectivity index (χ4v) is 1.53. The summed E-state index contributed by atoms with van der Waals surface area (Å²) < 4.78 is 9.90. The first-order chi connectivity index (χ1) is 7.13. The first-order valence-electron chi connectivity index (χ1n) is 4.78. The molecule has 6 heteroatoms. The van der Waals surface area contributed by atoms with Gasteiger partial charge in [0, 0.05) is 12.5 Å². The third-order valence-electron chi connectivity index (χ3n) is 2.46. The van der Waals surface area contributed by atoms with Crippen LogP contribution >= 0.6 is 0 Å². The lowest BCUT2D eigenvalue weighted by molar-refractivity contribution is -0.128. The van der Waals surface area contributed by atoms with Crippen molar-refractivity contribution in [3.8, 4) is 0 Å². The summed E-state index contributed by atoms with van der Waals surface area (Å²) in [7, 11) is 0. The molecule has 2 rings (SSSR count). The highest BCUT2D eigenvalue weighted by molar-refractivity contribution is 5.12. The van der Waals surface area contributed by atoms with Crippen molar-refractivity contribution in [2.75, 3.05) is 0 Å². The number of ether oxygens (including phenoxy) is 1. The lowest BCUT2D eigenvalue weighted by Crippen LogP contribution is -2.30.